The zero-order valence-electron chi connectivity index (χ0n) is 18.7. The average molecular weight is 464 g/mol. The van der Waals surface area contributed by atoms with Gasteiger partial charge in [0.1, 0.15) is 42.9 Å². The summed E-state index contributed by atoms with van der Waals surface area (Å²) < 4.78 is 11.6. The molecule has 3 aromatic rings. The molecule has 2 heterocycles. The summed E-state index contributed by atoms with van der Waals surface area (Å²) in [6, 6.07) is 24.2. The van der Waals surface area contributed by atoms with Crippen LogP contribution in [0.25, 0.3) is 11.1 Å². The van der Waals surface area contributed by atoms with Crippen molar-refractivity contribution < 1.29 is 29.9 Å². The van der Waals surface area contributed by atoms with Crippen molar-refractivity contribution in [1.82, 2.24) is 0 Å². The van der Waals surface area contributed by atoms with Gasteiger partial charge in [-0.1, -0.05) is 60.7 Å². The highest BCUT2D eigenvalue weighted by molar-refractivity contribution is 5.64. The Kier molecular flexibility index (Phi) is 6.54. The van der Waals surface area contributed by atoms with Crippen molar-refractivity contribution in [3.8, 4) is 16.9 Å². The molecule has 1 saturated heterocycles. The summed E-state index contributed by atoms with van der Waals surface area (Å²) in [5.74, 6) is 0.737. The predicted molar refractivity (Wildman–Crippen MR) is 128 cm³/mol. The van der Waals surface area contributed by atoms with Crippen LogP contribution in [0.1, 0.15) is 17.2 Å². The van der Waals surface area contributed by atoms with Gasteiger partial charge < -0.3 is 34.8 Å². The first-order valence-electron chi connectivity index (χ1n) is 11.5. The van der Waals surface area contributed by atoms with Crippen LogP contribution in [0.5, 0.6) is 5.75 Å². The van der Waals surface area contributed by atoms with Crippen molar-refractivity contribution in [3.63, 3.8) is 0 Å². The summed E-state index contributed by atoms with van der Waals surface area (Å²) in [7, 11) is 0. The van der Waals surface area contributed by atoms with Gasteiger partial charge in [0.25, 0.3) is 0 Å². The summed E-state index contributed by atoms with van der Waals surface area (Å²) in [6.07, 6.45) is -5.95. The number of fused-ring (bicyclic) bond motifs is 1. The number of rotatable bonds is 5. The summed E-state index contributed by atoms with van der Waals surface area (Å²) in [5.41, 5.74) is 5.01. The number of ether oxygens (including phenoxy) is 2. The van der Waals surface area contributed by atoms with Crippen LogP contribution in [-0.2, 0) is 11.3 Å². The standard InChI is InChI=1S/C27H29NO6/c29-16-23-24(30)25(31)26(32)27(34-23)20-10-11-22-21(14-20)28(12-13-33-22)15-17-6-8-19(9-7-17)18-4-2-1-3-5-18/h1-11,14,23-27,29-32H,12-13,15-16H2/t23-,24-,25+,26-,27+/m1/s1. The van der Waals surface area contributed by atoms with Gasteiger partial charge in [0, 0.05) is 6.54 Å². The fourth-order valence-electron chi connectivity index (χ4n) is 4.66. The Morgan fingerprint density at radius 1 is 0.824 bits per heavy atom. The quantitative estimate of drug-likeness (QED) is 0.460. The highest BCUT2D eigenvalue weighted by Crippen LogP contribution is 2.39. The van der Waals surface area contributed by atoms with Gasteiger partial charge in [0.2, 0.25) is 0 Å². The number of hydrogen-bond acceptors (Lipinski definition) is 7. The van der Waals surface area contributed by atoms with E-state index in [9.17, 15) is 20.4 Å². The Morgan fingerprint density at radius 3 is 2.29 bits per heavy atom. The van der Waals surface area contributed by atoms with Crippen molar-refractivity contribution in [2.45, 2.75) is 37.1 Å². The smallest absolute Gasteiger partial charge is 0.142 e. The SMILES string of the molecule is OC[C@H]1O[C@@H](c2ccc3c(c2)N(Cc2ccc(-c4ccccc4)cc2)CCO3)[C@H](O)[C@@H](O)[C@@H]1O. The maximum Gasteiger partial charge on any atom is 0.142 e. The molecule has 0 unspecified atom stereocenters. The first kappa shape index (κ1) is 22.8. The maximum absolute atomic E-state index is 10.5. The first-order valence-corrected chi connectivity index (χ1v) is 11.5. The summed E-state index contributed by atoms with van der Waals surface area (Å²) in [5, 5.41) is 40.3. The molecular formula is C27H29NO6. The molecule has 0 saturated carbocycles. The molecular weight excluding hydrogens is 434 g/mol. The molecule has 0 spiro atoms. The highest BCUT2D eigenvalue weighted by Gasteiger charge is 2.44. The van der Waals surface area contributed by atoms with E-state index in [1.165, 1.54) is 5.56 Å². The van der Waals surface area contributed by atoms with E-state index in [1.54, 1.807) is 6.07 Å². The van der Waals surface area contributed by atoms with Crippen molar-refractivity contribution >= 4 is 5.69 Å². The van der Waals surface area contributed by atoms with Crippen LogP contribution in [0.3, 0.4) is 0 Å². The minimum Gasteiger partial charge on any atom is -0.490 e. The van der Waals surface area contributed by atoms with Gasteiger partial charge in [-0.2, -0.15) is 0 Å². The lowest BCUT2D eigenvalue weighted by molar-refractivity contribution is -0.231. The second kappa shape index (κ2) is 9.74. The number of benzene rings is 3. The molecule has 4 N–H and O–H groups in total. The van der Waals surface area contributed by atoms with Gasteiger partial charge >= 0.3 is 0 Å². The van der Waals surface area contributed by atoms with E-state index < -0.39 is 37.1 Å². The van der Waals surface area contributed by atoms with Crippen LogP contribution in [0.15, 0.2) is 72.8 Å². The molecule has 1 fully saturated rings. The summed E-state index contributed by atoms with van der Waals surface area (Å²) >= 11 is 0. The summed E-state index contributed by atoms with van der Waals surface area (Å²) in [6.45, 7) is 1.49. The lowest BCUT2D eigenvalue weighted by Gasteiger charge is -2.40. The molecule has 7 heteroatoms. The second-order valence-electron chi connectivity index (χ2n) is 8.81. The fraction of sp³-hybridized carbons (Fsp3) is 0.333. The van der Waals surface area contributed by atoms with Crippen molar-refractivity contribution in [2.75, 3.05) is 24.7 Å². The minimum atomic E-state index is -1.41. The topological polar surface area (TPSA) is 103 Å². The lowest BCUT2D eigenvalue weighted by atomic mass is 9.91. The van der Waals surface area contributed by atoms with Crippen LogP contribution in [0.4, 0.5) is 5.69 Å². The molecule has 34 heavy (non-hydrogen) atoms. The van der Waals surface area contributed by atoms with Gasteiger partial charge in [-0.3, -0.25) is 0 Å². The second-order valence-corrected chi connectivity index (χ2v) is 8.81. The van der Waals surface area contributed by atoms with Crippen LogP contribution < -0.4 is 9.64 Å². The molecule has 0 radical (unpaired) electrons. The zero-order valence-corrected chi connectivity index (χ0v) is 18.7. The minimum absolute atomic E-state index is 0.458. The Bertz CT molecular complexity index is 1100. The fourth-order valence-corrected chi connectivity index (χ4v) is 4.66. The first-order chi connectivity index (χ1) is 16.5. The monoisotopic (exact) mass is 463 g/mol. The molecule has 0 bridgehead atoms. The van der Waals surface area contributed by atoms with E-state index in [1.807, 2.05) is 30.3 Å². The number of hydrogen-bond donors (Lipinski definition) is 4. The molecule has 5 atom stereocenters. The van der Waals surface area contributed by atoms with E-state index in [-0.39, 0.29) is 0 Å². The summed E-state index contributed by atoms with van der Waals surface area (Å²) in [4.78, 5) is 2.21. The molecule has 0 aliphatic carbocycles. The molecule has 2 aliphatic heterocycles. The number of aliphatic hydroxyl groups excluding tert-OH is 4. The molecule has 2 aliphatic rings. The maximum atomic E-state index is 10.5. The van der Waals surface area contributed by atoms with Gasteiger partial charge in [0.05, 0.1) is 18.8 Å². The van der Waals surface area contributed by atoms with Gasteiger partial charge in [-0.25, -0.2) is 0 Å². The predicted octanol–water partition coefficient (Wildman–Crippen LogP) is 2.27. The average Bonchev–Trinajstić information content (AvgIpc) is 2.88. The zero-order chi connectivity index (χ0) is 23.7. The number of aliphatic hydroxyl groups is 4. The van der Waals surface area contributed by atoms with E-state index >= 15 is 0 Å². The molecule has 178 valence electrons. The molecule has 3 aromatic carbocycles. The molecule has 0 amide bonds. The van der Waals surface area contributed by atoms with Gasteiger partial charge in [-0.05, 0) is 34.4 Å². The van der Waals surface area contributed by atoms with Crippen molar-refractivity contribution in [3.05, 3.63) is 83.9 Å². The lowest BCUT2D eigenvalue weighted by Crippen LogP contribution is -2.55. The Morgan fingerprint density at radius 2 is 1.56 bits per heavy atom. The van der Waals surface area contributed by atoms with E-state index in [0.29, 0.717) is 25.3 Å². The van der Waals surface area contributed by atoms with Crippen molar-refractivity contribution in [2.24, 2.45) is 0 Å². The third-order valence-electron chi connectivity index (χ3n) is 6.60. The van der Waals surface area contributed by atoms with E-state index in [0.717, 1.165) is 22.6 Å². The highest BCUT2D eigenvalue weighted by atomic mass is 16.5. The Hall–Kier alpha value is -2.94. The van der Waals surface area contributed by atoms with Crippen LogP contribution in [-0.4, -0.2) is 64.6 Å². The van der Waals surface area contributed by atoms with Crippen LogP contribution in [0, 0.1) is 0 Å². The Balaban J connectivity index is 1.38. The molecule has 7 nitrogen and oxygen atoms in total. The third kappa shape index (κ3) is 4.41. The van der Waals surface area contributed by atoms with Crippen LogP contribution in [0.2, 0.25) is 0 Å². The number of anilines is 1. The van der Waals surface area contributed by atoms with E-state index in [4.69, 9.17) is 9.47 Å². The normalized spacial score (nSPS) is 26.6. The Labute approximate surface area is 198 Å². The molecule has 5 rings (SSSR count). The third-order valence-corrected chi connectivity index (χ3v) is 6.60. The largest absolute Gasteiger partial charge is 0.490 e. The number of nitrogens with zero attached hydrogens (tertiary/aromatic N) is 1. The van der Waals surface area contributed by atoms with Gasteiger partial charge in [-0.15, -0.1) is 0 Å². The van der Waals surface area contributed by atoms with Crippen LogP contribution >= 0.6 is 0 Å². The molecule has 0 aromatic heterocycles. The van der Waals surface area contributed by atoms with E-state index in [2.05, 4.69) is 41.3 Å². The van der Waals surface area contributed by atoms with Gasteiger partial charge in [0.15, 0.2) is 0 Å². The van der Waals surface area contributed by atoms with Crippen molar-refractivity contribution in [1.29, 1.82) is 0 Å².